The maximum absolute atomic E-state index is 13.6. The Morgan fingerprint density at radius 3 is 2.81 bits per heavy atom. The van der Waals surface area contributed by atoms with Crippen molar-refractivity contribution in [2.75, 3.05) is 25.2 Å². The summed E-state index contributed by atoms with van der Waals surface area (Å²) in [7, 11) is 1.57. The fourth-order valence-corrected chi connectivity index (χ4v) is 4.59. The van der Waals surface area contributed by atoms with E-state index in [0.29, 0.717) is 57.5 Å². The van der Waals surface area contributed by atoms with Crippen molar-refractivity contribution in [2.24, 2.45) is 0 Å². The third-order valence-electron chi connectivity index (χ3n) is 4.83. The average molecular weight is 457 g/mol. The Hall–Kier alpha value is -3.23. The molecule has 3 heterocycles. The number of methoxy groups -OCH3 is 1. The van der Waals surface area contributed by atoms with E-state index in [1.807, 2.05) is 6.07 Å². The van der Waals surface area contributed by atoms with E-state index in [9.17, 15) is 4.79 Å². The summed E-state index contributed by atoms with van der Waals surface area (Å²) in [5.41, 5.74) is 1.06. The summed E-state index contributed by atoms with van der Waals surface area (Å²) in [4.78, 5) is 19.8. The minimum absolute atomic E-state index is 0.208. The van der Waals surface area contributed by atoms with Gasteiger partial charge >= 0.3 is 0 Å². The molecule has 0 spiro atoms. The second-order valence-electron chi connectivity index (χ2n) is 6.75. The Morgan fingerprint density at radius 2 is 2.03 bits per heavy atom. The first-order valence-corrected chi connectivity index (χ1v) is 10.7. The number of benzene rings is 2. The number of fused-ring (bicyclic) bond motifs is 2. The standard InChI is InChI=1S/C22H17ClN2O5S/c1-27-17-7-5-15(23)20-19(17)24-22(31-20)25(12-14-3-2-8-28-14)21(26)13-4-6-16-18(11-13)30-10-9-29-16/h2-8,11H,9-10,12H2,1H3. The Bertz CT molecular complexity index is 1250. The van der Waals surface area contributed by atoms with Crippen LogP contribution in [0.1, 0.15) is 16.1 Å². The second-order valence-corrected chi connectivity index (χ2v) is 8.14. The summed E-state index contributed by atoms with van der Waals surface area (Å²) in [5.74, 6) is 2.14. The van der Waals surface area contributed by atoms with Crippen LogP contribution in [0.2, 0.25) is 5.02 Å². The molecule has 0 bridgehead atoms. The van der Waals surface area contributed by atoms with E-state index < -0.39 is 0 Å². The minimum Gasteiger partial charge on any atom is -0.494 e. The van der Waals surface area contributed by atoms with Crippen molar-refractivity contribution < 1.29 is 23.4 Å². The lowest BCUT2D eigenvalue weighted by atomic mass is 10.1. The molecular formula is C22H17ClN2O5S. The second kappa shape index (κ2) is 8.13. The van der Waals surface area contributed by atoms with Crippen molar-refractivity contribution in [2.45, 2.75) is 6.54 Å². The van der Waals surface area contributed by atoms with Crippen LogP contribution >= 0.6 is 22.9 Å². The maximum Gasteiger partial charge on any atom is 0.260 e. The molecule has 1 aliphatic heterocycles. The van der Waals surface area contributed by atoms with Crippen molar-refractivity contribution >= 4 is 44.2 Å². The largest absolute Gasteiger partial charge is 0.494 e. The summed E-state index contributed by atoms with van der Waals surface area (Å²) in [6.45, 7) is 1.14. The van der Waals surface area contributed by atoms with E-state index in [4.69, 9.17) is 30.2 Å². The fourth-order valence-electron chi connectivity index (χ4n) is 3.34. The highest BCUT2D eigenvalue weighted by Crippen LogP contribution is 2.40. The van der Waals surface area contributed by atoms with E-state index in [1.54, 1.807) is 54.7 Å². The first-order chi connectivity index (χ1) is 15.1. The lowest BCUT2D eigenvalue weighted by Gasteiger charge is -2.21. The third-order valence-corrected chi connectivity index (χ3v) is 6.37. The van der Waals surface area contributed by atoms with Crippen molar-refractivity contribution in [1.29, 1.82) is 0 Å². The van der Waals surface area contributed by atoms with Gasteiger partial charge in [0.05, 0.1) is 29.6 Å². The van der Waals surface area contributed by atoms with Gasteiger partial charge in [-0.2, -0.15) is 0 Å². The lowest BCUT2D eigenvalue weighted by molar-refractivity contribution is 0.0982. The van der Waals surface area contributed by atoms with Gasteiger partial charge in [-0.25, -0.2) is 4.98 Å². The van der Waals surface area contributed by atoms with Gasteiger partial charge in [0.25, 0.3) is 5.91 Å². The van der Waals surface area contributed by atoms with Gasteiger partial charge in [-0.05, 0) is 42.5 Å². The normalized spacial score (nSPS) is 12.7. The number of thiazole rings is 1. The molecule has 1 amide bonds. The SMILES string of the molecule is COc1ccc(Cl)c2sc(N(Cc3ccco3)C(=O)c3ccc4c(c3)OCCO4)nc12. The minimum atomic E-state index is -0.248. The van der Waals surface area contributed by atoms with Gasteiger partial charge in [0.2, 0.25) is 0 Å². The van der Waals surface area contributed by atoms with Crippen LogP contribution in [0, 0.1) is 0 Å². The number of carbonyl (C=O) groups excluding carboxylic acids is 1. The van der Waals surface area contributed by atoms with Gasteiger partial charge in [0.1, 0.15) is 30.2 Å². The number of furan rings is 1. The topological polar surface area (TPSA) is 74.0 Å². The highest BCUT2D eigenvalue weighted by molar-refractivity contribution is 7.23. The summed E-state index contributed by atoms with van der Waals surface area (Å²) >= 11 is 7.70. The van der Waals surface area contributed by atoms with Gasteiger partial charge in [-0.15, -0.1) is 0 Å². The van der Waals surface area contributed by atoms with Crippen LogP contribution < -0.4 is 19.1 Å². The number of anilines is 1. The number of amides is 1. The smallest absolute Gasteiger partial charge is 0.260 e. The zero-order valence-corrected chi connectivity index (χ0v) is 18.0. The molecule has 1 aliphatic rings. The number of rotatable bonds is 5. The zero-order chi connectivity index (χ0) is 21.4. The number of nitrogens with zero attached hydrogens (tertiary/aromatic N) is 2. The van der Waals surface area contributed by atoms with Crippen LogP contribution in [-0.4, -0.2) is 31.2 Å². The Balaban J connectivity index is 1.58. The summed E-state index contributed by atoms with van der Waals surface area (Å²) in [5, 5.41) is 1.03. The number of ether oxygens (including phenoxy) is 3. The first kappa shape index (κ1) is 19.7. The highest BCUT2D eigenvalue weighted by Gasteiger charge is 2.26. The van der Waals surface area contributed by atoms with Crippen LogP contribution in [0.25, 0.3) is 10.2 Å². The molecule has 0 radical (unpaired) electrons. The molecule has 31 heavy (non-hydrogen) atoms. The van der Waals surface area contributed by atoms with E-state index >= 15 is 0 Å². The molecule has 9 heteroatoms. The predicted octanol–water partition coefficient (Wildman–Crippen LogP) is 5.17. The monoisotopic (exact) mass is 456 g/mol. The van der Waals surface area contributed by atoms with Gasteiger partial charge < -0.3 is 18.6 Å². The molecule has 0 unspecified atom stereocenters. The van der Waals surface area contributed by atoms with Crippen molar-refractivity contribution in [1.82, 2.24) is 4.98 Å². The van der Waals surface area contributed by atoms with Crippen LogP contribution in [0.3, 0.4) is 0 Å². The van der Waals surface area contributed by atoms with Crippen LogP contribution in [0.15, 0.2) is 53.1 Å². The summed E-state index contributed by atoms with van der Waals surface area (Å²) < 4.78 is 22.9. The summed E-state index contributed by atoms with van der Waals surface area (Å²) in [6, 6.07) is 12.2. The van der Waals surface area contributed by atoms with Crippen molar-refractivity contribution in [3.8, 4) is 17.2 Å². The van der Waals surface area contributed by atoms with E-state index in [2.05, 4.69) is 4.98 Å². The summed E-state index contributed by atoms with van der Waals surface area (Å²) in [6.07, 6.45) is 1.57. The molecule has 0 N–H and O–H groups in total. The molecule has 7 nitrogen and oxygen atoms in total. The number of halogens is 1. The Labute approximate surface area is 186 Å². The Kier molecular flexibility index (Phi) is 5.17. The van der Waals surface area contributed by atoms with Crippen molar-refractivity contribution in [3.63, 3.8) is 0 Å². The maximum atomic E-state index is 13.6. The molecule has 2 aromatic heterocycles. The molecule has 0 saturated carbocycles. The number of hydrogen-bond acceptors (Lipinski definition) is 7. The molecule has 2 aromatic carbocycles. The number of hydrogen-bond donors (Lipinski definition) is 0. The van der Waals surface area contributed by atoms with Crippen LogP contribution in [0.4, 0.5) is 5.13 Å². The molecule has 0 atom stereocenters. The molecule has 5 rings (SSSR count). The quantitative estimate of drug-likeness (QED) is 0.412. The molecular weight excluding hydrogens is 440 g/mol. The first-order valence-electron chi connectivity index (χ1n) is 9.51. The van der Waals surface area contributed by atoms with Gasteiger partial charge in [-0.1, -0.05) is 22.9 Å². The van der Waals surface area contributed by atoms with E-state index in [-0.39, 0.29) is 12.5 Å². The molecule has 0 aliphatic carbocycles. The van der Waals surface area contributed by atoms with Gasteiger partial charge in [-0.3, -0.25) is 9.69 Å². The fraction of sp³-hybridized carbons (Fsp3) is 0.182. The van der Waals surface area contributed by atoms with Crippen LogP contribution in [0.5, 0.6) is 17.2 Å². The van der Waals surface area contributed by atoms with Gasteiger partial charge in [0.15, 0.2) is 16.6 Å². The number of aromatic nitrogens is 1. The third kappa shape index (κ3) is 3.68. The Morgan fingerprint density at radius 1 is 1.19 bits per heavy atom. The van der Waals surface area contributed by atoms with E-state index in [0.717, 1.165) is 4.70 Å². The highest BCUT2D eigenvalue weighted by atomic mass is 35.5. The zero-order valence-electron chi connectivity index (χ0n) is 16.5. The van der Waals surface area contributed by atoms with Gasteiger partial charge in [0, 0.05) is 5.56 Å². The predicted molar refractivity (Wildman–Crippen MR) is 118 cm³/mol. The number of carbonyl (C=O) groups is 1. The average Bonchev–Trinajstić information content (AvgIpc) is 3.47. The molecule has 158 valence electrons. The lowest BCUT2D eigenvalue weighted by Crippen LogP contribution is -2.30. The molecule has 0 fully saturated rings. The van der Waals surface area contributed by atoms with Crippen LogP contribution in [-0.2, 0) is 6.54 Å². The molecule has 0 saturated heterocycles. The van der Waals surface area contributed by atoms with Crippen molar-refractivity contribution in [3.05, 3.63) is 65.1 Å². The molecule has 4 aromatic rings. The van der Waals surface area contributed by atoms with E-state index in [1.165, 1.54) is 11.3 Å².